The predicted molar refractivity (Wildman–Crippen MR) is 95.8 cm³/mol. The number of para-hydroxylation sites is 3. The zero-order valence-electron chi connectivity index (χ0n) is 14.4. The Balaban J connectivity index is 1.89. The minimum atomic E-state index is -0.292. The van der Waals surface area contributed by atoms with Gasteiger partial charge in [0.1, 0.15) is 11.5 Å². The van der Waals surface area contributed by atoms with Crippen LogP contribution in [0, 0.1) is 0 Å². The highest BCUT2D eigenvalue weighted by atomic mass is 16.5. The maximum absolute atomic E-state index is 12.3. The number of hydrogen-bond donors (Lipinski definition) is 1. The molecule has 2 aromatic carbocycles. The van der Waals surface area contributed by atoms with Gasteiger partial charge in [-0.05, 0) is 31.2 Å². The van der Waals surface area contributed by atoms with Gasteiger partial charge < -0.3 is 19.7 Å². The van der Waals surface area contributed by atoms with Crippen molar-refractivity contribution in [3.8, 4) is 11.5 Å². The van der Waals surface area contributed by atoms with Crippen molar-refractivity contribution in [3.05, 3.63) is 54.6 Å². The first-order chi connectivity index (χ1) is 12.1. The highest BCUT2D eigenvalue weighted by Crippen LogP contribution is 2.22. The van der Waals surface area contributed by atoms with Crippen LogP contribution in [0.2, 0.25) is 0 Å². The van der Waals surface area contributed by atoms with Crippen molar-refractivity contribution in [2.45, 2.75) is 6.92 Å². The van der Waals surface area contributed by atoms with Gasteiger partial charge in [-0.1, -0.05) is 30.3 Å². The molecule has 0 radical (unpaired) electrons. The Morgan fingerprint density at radius 3 is 2.40 bits per heavy atom. The van der Waals surface area contributed by atoms with E-state index >= 15 is 0 Å². The standard InChI is InChI=1S/C19H22N2O4/c1-3-21(19(23)14-25-15-9-5-4-6-10-15)13-18(22)20-16-11-7-8-12-17(16)24-2/h4-12H,3,13-14H2,1-2H3,(H,20,22). The Kier molecular flexibility index (Phi) is 6.83. The number of carbonyl (C=O) groups is 2. The van der Waals surface area contributed by atoms with E-state index in [0.29, 0.717) is 23.7 Å². The fourth-order valence-electron chi connectivity index (χ4n) is 2.24. The number of nitrogens with one attached hydrogen (secondary N) is 1. The smallest absolute Gasteiger partial charge is 0.260 e. The van der Waals surface area contributed by atoms with Gasteiger partial charge in [-0.15, -0.1) is 0 Å². The third-order valence-corrected chi connectivity index (χ3v) is 3.56. The van der Waals surface area contributed by atoms with Crippen molar-refractivity contribution >= 4 is 17.5 Å². The van der Waals surface area contributed by atoms with Crippen LogP contribution in [0.1, 0.15) is 6.92 Å². The van der Waals surface area contributed by atoms with E-state index in [9.17, 15) is 9.59 Å². The van der Waals surface area contributed by atoms with Crippen LogP contribution in [-0.2, 0) is 9.59 Å². The summed E-state index contributed by atoms with van der Waals surface area (Å²) in [6.45, 7) is 2.07. The van der Waals surface area contributed by atoms with Crippen molar-refractivity contribution in [1.82, 2.24) is 4.90 Å². The van der Waals surface area contributed by atoms with E-state index in [1.807, 2.05) is 31.2 Å². The molecule has 0 bridgehead atoms. The number of ether oxygens (including phenoxy) is 2. The molecule has 0 spiro atoms. The van der Waals surface area contributed by atoms with E-state index in [1.165, 1.54) is 12.0 Å². The molecule has 0 saturated heterocycles. The van der Waals surface area contributed by atoms with Crippen LogP contribution < -0.4 is 14.8 Å². The number of benzene rings is 2. The lowest BCUT2D eigenvalue weighted by Gasteiger charge is -2.21. The third kappa shape index (κ3) is 5.53. The van der Waals surface area contributed by atoms with E-state index in [0.717, 1.165) is 0 Å². The van der Waals surface area contributed by atoms with Crippen molar-refractivity contribution in [1.29, 1.82) is 0 Å². The number of carbonyl (C=O) groups excluding carboxylic acids is 2. The summed E-state index contributed by atoms with van der Waals surface area (Å²) in [7, 11) is 1.54. The number of amides is 2. The minimum Gasteiger partial charge on any atom is -0.495 e. The fraction of sp³-hybridized carbons (Fsp3) is 0.263. The van der Waals surface area contributed by atoms with Crippen molar-refractivity contribution in [3.63, 3.8) is 0 Å². The van der Waals surface area contributed by atoms with Crippen LogP contribution in [0.5, 0.6) is 11.5 Å². The molecule has 6 heteroatoms. The molecule has 0 aliphatic rings. The lowest BCUT2D eigenvalue weighted by atomic mass is 10.3. The first-order valence-corrected chi connectivity index (χ1v) is 8.02. The maximum atomic E-state index is 12.3. The van der Waals surface area contributed by atoms with Crippen LogP contribution in [-0.4, -0.2) is 43.5 Å². The second-order valence-corrected chi connectivity index (χ2v) is 5.26. The largest absolute Gasteiger partial charge is 0.495 e. The van der Waals surface area contributed by atoms with Gasteiger partial charge in [0.15, 0.2) is 6.61 Å². The molecule has 0 unspecified atom stereocenters. The summed E-state index contributed by atoms with van der Waals surface area (Å²) in [5, 5.41) is 2.76. The molecule has 132 valence electrons. The molecule has 2 aromatic rings. The third-order valence-electron chi connectivity index (χ3n) is 3.56. The quantitative estimate of drug-likeness (QED) is 0.801. The van der Waals surface area contributed by atoms with Gasteiger partial charge >= 0.3 is 0 Å². The number of rotatable bonds is 8. The predicted octanol–water partition coefficient (Wildman–Crippen LogP) is 2.56. The topological polar surface area (TPSA) is 67.9 Å². The first kappa shape index (κ1) is 18.3. The summed E-state index contributed by atoms with van der Waals surface area (Å²) in [5.74, 6) is 0.643. The van der Waals surface area contributed by atoms with E-state index in [2.05, 4.69) is 5.32 Å². The summed E-state index contributed by atoms with van der Waals surface area (Å²) in [6, 6.07) is 16.2. The molecule has 1 N–H and O–H groups in total. The van der Waals surface area contributed by atoms with Crippen LogP contribution in [0.4, 0.5) is 5.69 Å². The highest BCUT2D eigenvalue weighted by Gasteiger charge is 2.17. The first-order valence-electron chi connectivity index (χ1n) is 8.02. The summed E-state index contributed by atoms with van der Waals surface area (Å²) >= 11 is 0. The van der Waals surface area contributed by atoms with Crippen molar-refractivity contribution in [2.75, 3.05) is 32.1 Å². The molecule has 0 fully saturated rings. The molecule has 0 heterocycles. The Morgan fingerprint density at radius 2 is 1.72 bits per heavy atom. The molecular formula is C19H22N2O4. The lowest BCUT2D eigenvalue weighted by Crippen LogP contribution is -2.40. The average Bonchev–Trinajstić information content (AvgIpc) is 2.65. The van der Waals surface area contributed by atoms with E-state index in [-0.39, 0.29) is 25.0 Å². The maximum Gasteiger partial charge on any atom is 0.260 e. The monoisotopic (exact) mass is 342 g/mol. The van der Waals surface area contributed by atoms with E-state index < -0.39 is 0 Å². The molecule has 0 aliphatic heterocycles. The van der Waals surface area contributed by atoms with Crippen LogP contribution in [0.25, 0.3) is 0 Å². The second-order valence-electron chi connectivity index (χ2n) is 5.26. The molecule has 25 heavy (non-hydrogen) atoms. The van der Waals surface area contributed by atoms with Crippen LogP contribution in [0.3, 0.4) is 0 Å². The molecule has 0 atom stereocenters. The van der Waals surface area contributed by atoms with E-state index in [1.54, 1.807) is 30.3 Å². The molecule has 0 aromatic heterocycles. The van der Waals surface area contributed by atoms with Crippen LogP contribution in [0.15, 0.2) is 54.6 Å². The Labute approximate surface area is 147 Å². The number of likely N-dealkylation sites (N-methyl/N-ethyl adjacent to an activating group) is 1. The molecule has 2 rings (SSSR count). The van der Waals surface area contributed by atoms with Crippen molar-refractivity contribution < 1.29 is 19.1 Å². The molecule has 2 amide bonds. The summed E-state index contributed by atoms with van der Waals surface area (Å²) in [4.78, 5) is 25.9. The van der Waals surface area contributed by atoms with Crippen LogP contribution >= 0.6 is 0 Å². The van der Waals surface area contributed by atoms with Gasteiger partial charge in [-0.2, -0.15) is 0 Å². The van der Waals surface area contributed by atoms with Gasteiger partial charge in [-0.3, -0.25) is 9.59 Å². The lowest BCUT2D eigenvalue weighted by molar-refractivity contribution is -0.136. The van der Waals surface area contributed by atoms with Gasteiger partial charge in [-0.25, -0.2) is 0 Å². The Hall–Kier alpha value is -3.02. The fourth-order valence-corrected chi connectivity index (χ4v) is 2.24. The normalized spacial score (nSPS) is 10.0. The van der Waals surface area contributed by atoms with Gasteiger partial charge in [0.05, 0.1) is 19.3 Å². The summed E-state index contributed by atoms with van der Waals surface area (Å²) in [5.41, 5.74) is 0.569. The van der Waals surface area contributed by atoms with Gasteiger partial charge in [0.2, 0.25) is 5.91 Å². The molecule has 6 nitrogen and oxygen atoms in total. The Morgan fingerprint density at radius 1 is 1.04 bits per heavy atom. The molecule has 0 saturated carbocycles. The molecule has 0 aliphatic carbocycles. The minimum absolute atomic E-state index is 0.0501. The Bertz CT molecular complexity index is 704. The second kappa shape index (κ2) is 9.32. The zero-order chi connectivity index (χ0) is 18.1. The highest BCUT2D eigenvalue weighted by molar-refractivity contribution is 5.95. The summed E-state index contributed by atoms with van der Waals surface area (Å²) < 4.78 is 10.6. The average molecular weight is 342 g/mol. The molecular weight excluding hydrogens is 320 g/mol. The van der Waals surface area contributed by atoms with Crippen molar-refractivity contribution in [2.24, 2.45) is 0 Å². The van der Waals surface area contributed by atoms with Gasteiger partial charge in [0, 0.05) is 6.54 Å². The SMILES string of the molecule is CCN(CC(=O)Nc1ccccc1OC)C(=O)COc1ccccc1. The number of hydrogen-bond acceptors (Lipinski definition) is 4. The zero-order valence-corrected chi connectivity index (χ0v) is 14.4. The van der Waals surface area contributed by atoms with E-state index in [4.69, 9.17) is 9.47 Å². The van der Waals surface area contributed by atoms with Gasteiger partial charge in [0.25, 0.3) is 5.91 Å². The number of nitrogens with zero attached hydrogens (tertiary/aromatic N) is 1. The number of anilines is 1. The number of methoxy groups -OCH3 is 1. The summed E-state index contributed by atoms with van der Waals surface area (Å²) in [6.07, 6.45) is 0.